The Balaban J connectivity index is 0. The molecule has 0 saturated heterocycles. The SMILES string of the molecule is C.CC=N/C=C(\C)CCC.CCC1CCCCC1. The van der Waals surface area contributed by atoms with Gasteiger partial charge in [0, 0.05) is 12.4 Å². The van der Waals surface area contributed by atoms with E-state index in [1.54, 1.807) is 6.21 Å². The molecule has 1 rings (SSSR count). The molecule has 1 aliphatic rings. The molecule has 0 aromatic heterocycles. The summed E-state index contributed by atoms with van der Waals surface area (Å²) in [7, 11) is 0. The van der Waals surface area contributed by atoms with Crippen molar-refractivity contribution in [2.45, 2.75) is 86.5 Å². The van der Waals surface area contributed by atoms with Gasteiger partial charge in [0.2, 0.25) is 0 Å². The van der Waals surface area contributed by atoms with E-state index in [9.17, 15) is 0 Å². The van der Waals surface area contributed by atoms with E-state index in [0.29, 0.717) is 0 Å². The number of nitrogens with zero attached hydrogens (tertiary/aromatic N) is 1. The first-order chi connectivity index (χ1) is 8.24. The Kier molecular flexibility index (Phi) is 15.9. The lowest BCUT2D eigenvalue weighted by molar-refractivity contribution is 0.349. The Labute approximate surface area is 116 Å². The van der Waals surface area contributed by atoms with Crippen molar-refractivity contribution in [1.82, 2.24) is 0 Å². The van der Waals surface area contributed by atoms with Gasteiger partial charge in [0.25, 0.3) is 0 Å². The lowest BCUT2D eigenvalue weighted by Gasteiger charge is -2.18. The number of hydrogen-bond acceptors (Lipinski definition) is 1. The molecular formula is C17H35N. The average molecular weight is 253 g/mol. The minimum absolute atomic E-state index is 0. The molecule has 0 aromatic rings. The predicted molar refractivity (Wildman–Crippen MR) is 86.4 cm³/mol. The minimum Gasteiger partial charge on any atom is -0.269 e. The first kappa shape index (κ1) is 19.7. The summed E-state index contributed by atoms with van der Waals surface area (Å²) >= 11 is 0. The van der Waals surface area contributed by atoms with Crippen molar-refractivity contribution in [2.75, 3.05) is 0 Å². The van der Waals surface area contributed by atoms with Gasteiger partial charge in [-0.05, 0) is 26.2 Å². The highest BCUT2D eigenvalue weighted by Crippen LogP contribution is 2.25. The minimum atomic E-state index is 0. The molecule has 0 radical (unpaired) electrons. The fourth-order valence-electron chi connectivity index (χ4n) is 2.26. The van der Waals surface area contributed by atoms with Gasteiger partial charge in [-0.15, -0.1) is 0 Å². The second-order valence-corrected chi connectivity index (χ2v) is 5.05. The fourth-order valence-corrected chi connectivity index (χ4v) is 2.26. The molecular weight excluding hydrogens is 218 g/mol. The van der Waals surface area contributed by atoms with Crippen LogP contribution in [0.15, 0.2) is 16.8 Å². The second kappa shape index (κ2) is 14.5. The van der Waals surface area contributed by atoms with Gasteiger partial charge in [-0.1, -0.05) is 71.8 Å². The second-order valence-electron chi connectivity index (χ2n) is 5.05. The smallest absolute Gasteiger partial charge is 0.0252 e. The third-order valence-electron chi connectivity index (χ3n) is 3.39. The molecule has 0 heterocycles. The first-order valence-corrected chi connectivity index (χ1v) is 7.37. The lowest BCUT2D eigenvalue weighted by Crippen LogP contribution is -2.03. The molecule has 1 aliphatic carbocycles. The van der Waals surface area contributed by atoms with E-state index in [2.05, 4.69) is 25.8 Å². The van der Waals surface area contributed by atoms with Crippen molar-refractivity contribution in [1.29, 1.82) is 0 Å². The summed E-state index contributed by atoms with van der Waals surface area (Å²) < 4.78 is 0. The highest BCUT2D eigenvalue weighted by atomic mass is 14.7. The third kappa shape index (κ3) is 11.9. The number of allylic oxidation sites excluding steroid dienone is 1. The van der Waals surface area contributed by atoms with E-state index in [-0.39, 0.29) is 7.43 Å². The van der Waals surface area contributed by atoms with E-state index in [1.807, 2.05) is 13.1 Å². The topological polar surface area (TPSA) is 12.4 Å². The molecule has 0 atom stereocenters. The zero-order valence-corrected chi connectivity index (χ0v) is 12.3. The Morgan fingerprint density at radius 1 is 1.17 bits per heavy atom. The van der Waals surface area contributed by atoms with Crippen LogP contribution in [-0.4, -0.2) is 6.21 Å². The van der Waals surface area contributed by atoms with Crippen LogP contribution in [0, 0.1) is 5.92 Å². The Hall–Kier alpha value is -0.590. The van der Waals surface area contributed by atoms with Gasteiger partial charge >= 0.3 is 0 Å². The van der Waals surface area contributed by atoms with Crippen molar-refractivity contribution in [3.05, 3.63) is 11.8 Å². The van der Waals surface area contributed by atoms with Crippen LogP contribution in [0.5, 0.6) is 0 Å². The molecule has 0 unspecified atom stereocenters. The van der Waals surface area contributed by atoms with Gasteiger partial charge in [-0.25, -0.2) is 0 Å². The lowest BCUT2D eigenvalue weighted by atomic mass is 9.88. The molecule has 1 nitrogen and oxygen atoms in total. The van der Waals surface area contributed by atoms with Crippen LogP contribution in [0.2, 0.25) is 0 Å². The molecule has 0 amide bonds. The average Bonchev–Trinajstić information content (AvgIpc) is 2.38. The van der Waals surface area contributed by atoms with E-state index >= 15 is 0 Å². The Morgan fingerprint density at radius 2 is 1.78 bits per heavy atom. The van der Waals surface area contributed by atoms with E-state index in [0.717, 1.165) is 12.3 Å². The molecule has 0 aromatic carbocycles. The van der Waals surface area contributed by atoms with Crippen LogP contribution in [-0.2, 0) is 0 Å². The molecule has 18 heavy (non-hydrogen) atoms. The molecule has 0 bridgehead atoms. The zero-order valence-electron chi connectivity index (χ0n) is 12.3. The normalized spacial score (nSPS) is 17.0. The van der Waals surface area contributed by atoms with Gasteiger partial charge < -0.3 is 0 Å². The molecule has 0 N–H and O–H groups in total. The quantitative estimate of drug-likeness (QED) is 0.514. The first-order valence-electron chi connectivity index (χ1n) is 7.37. The fraction of sp³-hybridized carbons (Fsp3) is 0.824. The predicted octanol–water partition coefficient (Wildman–Crippen LogP) is 6.39. The van der Waals surface area contributed by atoms with Crippen LogP contribution in [0.1, 0.15) is 86.5 Å². The van der Waals surface area contributed by atoms with Crippen LogP contribution in [0.25, 0.3) is 0 Å². The Bertz CT molecular complexity index is 210. The molecule has 1 saturated carbocycles. The maximum atomic E-state index is 4.00. The van der Waals surface area contributed by atoms with Crippen molar-refractivity contribution in [3.8, 4) is 0 Å². The maximum absolute atomic E-state index is 4.00. The van der Waals surface area contributed by atoms with Gasteiger partial charge in [0.15, 0.2) is 0 Å². The maximum Gasteiger partial charge on any atom is 0.0252 e. The van der Waals surface area contributed by atoms with Crippen LogP contribution < -0.4 is 0 Å². The van der Waals surface area contributed by atoms with E-state index in [1.165, 1.54) is 50.5 Å². The summed E-state index contributed by atoms with van der Waals surface area (Å²) in [6.07, 6.45) is 15.0. The van der Waals surface area contributed by atoms with Crippen molar-refractivity contribution < 1.29 is 0 Å². The van der Waals surface area contributed by atoms with Gasteiger partial charge in [-0.2, -0.15) is 0 Å². The van der Waals surface area contributed by atoms with Crippen LogP contribution in [0.3, 0.4) is 0 Å². The molecule has 0 aliphatic heterocycles. The number of hydrogen-bond donors (Lipinski definition) is 0. The molecule has 108 valence electrons. The summed E-state index contributed by atoms with van der Waals surface area (Å²) in [6, 6.07) is 0. The number of rotatable bonds is 4. The number of aliphatic imine (C=N–C) groups is 1. The highest BCUT2D eigenvalue weighted by Gasteiger charge is 2.09. The molecule has 1 fully saturated rings. The van der Waals surface area contributed by atoms with E-state index < -0.39 is 0 Å². The van der Waals surface area contributed by atoms with Gasteiger partial charge in [-0.3, -0.25) is 4.99 Å². The molecule has 1 heteroatoms. The summed E-state index contributed by atoms with van der Waals surface area (Å²) in [5, 5.41) is 0. The summed E-state index contributed by atoms with van der Waals surface area (Å²) in [5.74, 6) is 1.09. The van der Waals surface area contributed by atoms with Gasteiger partial charge in [0.05, 0.1) is 0 Å². The van der Waals surface area contributed by atoms with Crippen LogP contribution >= 0.6 is 0 Å². The zero-order chi connectivity index (χ0) is 12.9. The van der Waals surface area contributed by atoms with Crippen molar-refractivity contribution >= 4 is 6.21 Å². The third-order valence-corrected chi connectivity index (χ3v) is 3.39. The largest absolute Gasteiger partial charge is 0.269 e. The highest BCUT2D eigenvalue weighted by molar-refractivity contribution is 5.54. The van der Waals surface area contributed by atoms with Crippen molar-refractivity contribution in [3.63, 3.8) is 0 Å². The summed E-state index contributed by atoms with van der Waals surface area (Å²) in [5.41, 5.74) is 1.36. The van der Waals surface area contributed by atoms with E-state index in [4.69, 9.17) is 0 Å². The summed E-state index contributed by atoms with van der Waals surface area (Å²) in [4.78, 5) is 4.00. The van der Waals surface area contributed by atoms with Crippen LogP contribution in [0.4, 0.5) is 0 Å². The van der Waals surface area contributed by atoms with Gasteiger partial charge in [0.1, 0.15) is 0 Å². The summed E-state index contributed by atoms with van der Waals surface area (Å²) in [6.45, 7) is 8.52. The Morgan fingerprint density at radius 3 is 2.17 bits per heavy atom. The molecule has 0 spiro atoms. The van der Waals surface area contributed by atoms with Crippen molar-refractivity contribution in [2.24, 2.45) is 10.9 Å². The monoisotopic (exact) mass is 253 g/mol. The standard InChI is InChI=1S/C8H15N.C8H16.CH4/c1-4-6-8(3)7-9-5-2;1-2-8-6-4-3-5-7-8;/h5,7H,4,6H2,1-3H3;8H,2-7H2,1H3;1H4/b8-7+,9-5?;;.